The van der Waals surface area contributed by atoms with Gasteiger partial charge in [-0.2, -0.15) is 0 Å². The van der Waals surface area contributed by atoms with E-state index in [2.05, 4.69) is 5.32 Å². The second kappa shape index (κ2) is 8.63. The third-order valence-electron chi connectivity index (χ3n) is 4.72. The summed E-state index contributed by atoms with van der Waals surface area (Å²) in [6.07, 6.45) is 1.30. The number of methoxy groups -OCH3 is 1. The molecule has 1 N–H and O–H groups in total. The van der Waals surface area contributed by atoms with E-state index < -0.39 is 6.35 Å². The van der Waals surface area contributed by atoms with E-state index in [4.69, 9.17) is 9.47 Å². The van der Waals surface area contributed by atoms with Gasteiger partial charge in [-0.3, -0.25) is 4.79 Å². The second-order valence-electron chi connectivity index (χ2n) is 6.64. The van der Waals surface area contributed by atoms with E-state index in [9.17, 15) is 4.79 Å². The number of para-hydroxylation sites is 1. The molecule has 3 aromatic carbocycles. The molecule has 0 saturated heterocycles. The zero-order valence-corrected chi connectivity index (χ0v) is 16.1. The summed E-state index contributed by atoms with van der Waals surface area (Å²) in [4.78, 5) is 12.7. The van der Waals surface area contributed by atoms with Gasteiger partial charge in [-0.1, -0.05) is 48.5 Å². The Balaban J connectivity index is 1.42. The highest BCUT2D eigenvalue weighted by atomic mass is 16.5. The fourth-order valence-electron chi connectivity index (χ4n) is 3.19. The van der Waals surface area contributed by atoms with Crippen molar-refractivity contribution in [2.24, 2.45) is 0 Å². The monoisotopic (exact) mass is 386 g/mol. The van der Waals surface area contributed by atoms with Gasteiger partial charge in [-0.25, -0.2) is 0 Å². The van der Waals surface area contributed by atoms with Crippen LogP contribution in [0.4, 0.5) is 0 Å². The van der Waals surface area contributed by atoms with Gasteiger partial charge in [0, 0.05) is 18.9 Å². The molecule has 0 aliphatic rings. The summed E-state index contributed by atoms with van der Waals surface area (Å²) in [5.74, 6) is 0.495. The minimum absolute atomic E-state index is 0.218. The molecule has 0 radical (unpaired) electrons. The number of ether oxygens (including phenoxy) is 2. The van der Waals surface area contributed by atoms with Gasteiger partial charge >= 0.3 is 0 Å². The molecule has 1 amide bonds. The van der Waals surface area contributed by atoms with Crippen LogP contribution < -0.4 is 10.1 Å². The van der Waals surface area contributed by atoms with Crippen molar-refractivity contribution < 1.29 is 14.3 Å². The van der Waals surface area contributed by atoms with Crippen LogP contribution in [0, 0.1) is 0 Å². The van der Waals surface area contributed by atoms with Crippen LogP contribution in [-0.4, -0.2) is 17.6 Å². The van der Waals surface area contributed by atoms with Gasteiger partial charge in [0.05, 0.1) is 5.52 Å². The maximum atomic E-state index is 12.7. The minimum Gasteiger partial charge on any atom is -0.489 e. The molecule has 5 nitrogen and oxygen atoms in total. The van der Waals surface area contributed by atoms with Crippen LogP contribution >= 0.6 is 0 Å². The molecule has 1 aromatic heterocycles. The summed E-state index contributed by atoms with van der Waals surface area (Å²) in [5, 5.41) is 4.00. The van der Waals surface area contributed by atoms with Gasteiger partial charge in [-0.15, -0.1) is 0 Å². The number of hydrogen-bond donors (Lipinski definition) is 1. The van der Waals surface area contributed by atoms with Crippen LogP contribution in [0.1, 0.15) is 22.3 Å². The van der Waals surface area contributed by atoms with Crippen LogP contribution in [0.15, 0.2) is 91.1 Å². The highest BCUT2D eigenvalue weighted by Gasteiger charge is 2.16. The van der Waals surface area contributed by atoms with Crippen LogP contribution in [-0.2, 0) is 11.3 Å². The lowest BCUT2D eigenvalue weighted by molar-refractivity contribution is 0.0184. The molecule has 29 heavy (non-hydrogen) atoms. The topological polar surface area (TPSA) is 52.5 Å². The molecule has 5 heteroatoms. The van der Waals surface area contributed by atoms with Gasteiger partial charge in [-0.05, 0) is 47.3 Å². The van der Waals surface area contributed by atoms with Crippen molar-refractivity contribution in [2.45, 2.75) is 13.0 Å². The Hall–Kier alpha value is -3.57. The van der Waals surface area contributed by atoms with E-state index in [1.54, 1.807) is 31.4 Å². The fourth-order valence-corrected chi connectivity index (χ4v) is 3.19. The molecule has 0 spiro atoms. The van der Waals surface area contributed by atoms with Crippen molar-refractivity contribution in [2.75, 3.05) is 7.11 Å². The summed E-state index contributed by atoms with van der Waals surface area (Å²) in [7, 11) is 1.57. The number of carbonyl (C=O) groups is 1. The Bertz CT molecular complexity index is 1090. The van der Waals surface area contributed by atoms with E-state index >= 15 is 0 Å². The molecule has 0 saturated carbocycles. The van der Waals surface area contributed by atoms with E-state index in [-0.39, 0.29) is 5.91 Å². The van der Waals surface area contributed by atoms with Gasteiger partial charge in [0.1, 0.15) is 12.4 Å². The molecule has 0 fully saturated rings. The Kier molecular flexibility index (Phi) is 5.59. The molecule has 1 unspecified atom stereocenters. The first kappa shape index (κ1) is 18.8. The average molecular weight is 386 g/mol. The molecule has 4 aromatic rings. The van der Waals surface area contributed by atoms with Gasteiger partial charge in [0.25, 0.3) is 5.91 Å². The predicted molar refractivity (Wildman–Crippen MR) is 113 cm³/mol. The molecule has 1 atom stereocenters. The number of rotatable bonds is 7. The summed E-state index contributed by atoms with van der Waals surface area (Å²) in [6, 6.07) is 27.0. The van der Waals surface area contributed by atoms with E-state index in [1.807, 2.05) is 71.4 Å². The van der Waals surface area contributed by atoms with E-state index in [0.29, 0.717) is 17.9 Å². The van der Waals surface area contributed by atoms with Gasteiger partial charge < -0.3 is 19.4 Å². The molecule has 146 valence electrons. The second-order valence-corrected chi connectivity index (χ2v) is 6.64. The largest absolute Gasteiger partial charge is 0.489 e. The van der Waals surface area contributed by atoms with Gasteiger partial charge in [0.2, 0.25) is 6.35 Å². The van der Waals surface area contributed by atoms with Crippen LogP contribution in [0.5, 0.6) is 5.75 Å². The number of fused-ring (bicyclic) bond motifs is 1. The smallest absolute Gasteiger partial charge is 0.254 e. The quantitative estimate of drug-likeness (QED) is 0.466. The van der Waals surface area contributed by atoms with E-state index in [1.165, 1.54) is 0 Å². The SMILES string of the molecule is COC(NC(=O)c1ccc(OCc2ccccc2)cc1)n1ccc2ccccc21. The Labute approximate surface area is 169 Å². The Morgan fingerprint density at radius 2 is 1.66 bits per heavy atom. The number of carbonyl (C=O) groups excluding carboxylic acids is 1. The summed E-state index contributed by atoms with van der Waals surface area (Å²) >= 11 is 0. The first-order valence-corrected chi connectivity index (χ1v) is 9.40. The van der Waals surface area contributed by atoms with Crippen molar-refractivity contribution in [3.05, 3.63) is 102 Å². The molecular weight excluding hydrogens is 364 g/mol. The van der Waals surface area contributed by atoms with Gasteiger partial charge in [0.15, 0.2) is 0 Å². The number of hydrogen-bond acceptors (Lipinski definition) is 3. The Morgan fingerprint density at radius 1 is 0.931 bits per heavy atom. The van der Waals surface area contributed by atoms with Crippen LogP contribution in [0.25, 0.3) is 10.9 Å². The molecule has 0 aliphatic carbocycles. The third kappa shape index (κ3) is 4.31. The molecular formula is C24H22N2O3. The lowest BCUT2D eigenvalue weighted by atomic mass is 10.2. The van der Waals surface area contributed by atoms with Crippen molar-refractivity contribution in [3.8, 4) is 5.75 Å². The summed E-state index contributed by atoms with van der Waals surface area (Å²) in [6.45, 7) is 0.485. The molecule has 0 bridgehead atoms. The number of nitrogens with one attached hydrogen (secondary N) is 1. The highest BCUT2D eigenvalue weighted by molar-refractivity contribution is 5.94. The lowest BCUT2D eigenvalue weighted by Crippen LogP contribution is -2.33. The molecule has 4 rings (SSSR count). The summed E-state index contributed by atoms with van der Waals surface area (Å²) < 4.78 is 13.2. The maximum absolute atomic E-state index is 12.7. The van der Waals surface area contributed by atoms with E-state index in [0.717, 1.165) is 16.5 Å². The van der Waals surface area contributed by atoms with Crippen molar-refractivity contribution >= 4 is 16.8 Å². The first-order valence-electron chi connectivity index (χ1n) is 9.40. The first-order chi connectivity index (χ1) is 14.2. The Morgan fingerprint density at radius 3 is 2.41 bits per heavy atom. The number of amides is 1. The normalized spacial score (nSPS) is 11.9. The number of nitrogens with zero attached hydrogens (tertiary/aromatic N) is 1. The molecule has 1 heterocycles. The zero-order valence-electron chi connectivity index (χ0n) is 16.1. The predicted octanol–water partition coefficient (Wildman–Crippen LogP) is 4.75. The number of benzene rings is 3. The van der Waals surface area contributed by atoms with Crippen molar-refractivity contribution in [3.63, 3.8) is 0 Å². The van der Waals surface area contributed by atoms with Crippen molar-refractivity contribution in [1.82, 2.24) is 9.88 Å². The maximum Gasteiger partial charge on any atom is 0.254 e. The minimum atomic E-state index is -0.601. The van der Waals surface area contributed by atoms with Crippen LogP contribution in [0.3, 0.4) is 0 Å². The van der Waals surface area contributed by atoms with Crippen LogP contribution in [0.2, 0.25) is 0 Å². The molecule has 0 aliphatic heterocycles. The summed E-state index contributed by atoms with van der Waals surface area (Å²) in [5.41, 5.74) is 2.62. The average Bonchev–Trinajstić information content (AvgIpc) is 3.21. The fraction of sp³-hybridized carbons (Fsp3) is 0.125. The standard InChI is InChI=1S/C24H22N2O3/c1-28-24(26-16-15-19-9-5-6-10-22(19)26)25-23(27)20-11-13-21(14-12-20)29-17-18-7-3-2-4-8-18/h2-16,24H,17H2,1H3,(H,25,27). The third-order valence-corrected chi connectivity index (χ3v) is 4.72. The lowest BCUT2D eigenvalue weighted by Gasteiger charge is -2.20. The highest BCUT2D eigenvalue weighted by Crippen LogP contribution is 2.20. The zero-order chi connectivity index (χ0) is 20.1. The van der Waals surface area contributed by atoms with Crippen molar-refractivity contribution in [1.29, 1.82) is 0 Å². The number of aromatic nitrogens is 1.